The summed E-state index contributed by atoms with van der Waals surface area (Å²) in [5.41, 5.74) is 0.234. The molecular weight excluding hydrogens is 315 g/mol. The second kappa shape index (κ2) is 6.44. The monoisotopic (exact) mass is 332 g/mol. The summed E-state index contributed by atoms with van der Waals surface area (Å²) < 4.78 is 41.2. The maximum atomic E-state index is 14.5. The van der Waals surface area contributed by atoms with Crippen molar-refractivity contribution in [3.8, 4) is 0 Å². The predicted molar refractivity (Wildman–Crippen MR) is 81.3 cm³/mol. The van der Waals surface area contributed by atoms with E-state index < -0.39 is 15.8 Å². The molecule has 1 saturated carbocycles. The molecule has 0 aromatic heterocycles. The molecular formula is C14H18ClFN2O2S. The molecule has 0 saturated heterocycles. The zero-order valence-electron chi connectivity index (χ0n) is 11.8. The molecule has 7 heteroatoms. The van der Waals surface area contributed by atoms with Gasteiger partial charge in [0.15, 0.2) is 0 Å². The van der Waals surface area contributed by atoms with E-state index in [4.69, 9.17) is 11.6 Å². The molecule has 0 aliphatic heterocycles. The first-order chi connectivity index (χ1) is 9.91. The topological polar surface area (TPSA) is 49.4 Å². The second-order valence-electron chi connectivity index (χ2n) is 5.00. The number of benzene rings is 1. The average Bonchev–Trinajstić information content (AvgIpc) is 3.24. The van der Waals surface area contributed by atoms with E-state index in [0.29, 0.717) is 0 Å². The average molecular weight is 333 g/mol. The summed E-state index contributed by atoms with van der Waals surface area (Å²) in [6.45, 7) is 3.94. The molecule has 1 aromatic carbocycles. The van der Waals surface area contributed by atoms with Gasteiger partial charge in [0.1, 0.15) is 10.7 Å². The van der Waals surface area contributed by atoms with Gasteiger partial charge >= 0.3 is 0 Å². The minimum atomic E-state index is -3.92. The molecule has 1 aromatic rings. The van der Waals surface area contributed by atoms with Gasteiger partial charge in [-0.2, -0.15) is 4.31 Å². The van der Waals surface area contributed by atoms with Crippen LogP contribution in [0.2, 0.25) is 5.02 Å². The van der Waals surface area contributed by atoms with Crippen molar-refractivity contribution in [1.82, 2.24) is 9.62 Å². The Kier molecular flexibility index (Phi) is 5.03. The van der Waals surface area contributed by atoms with Crippen molar-refractivity contribution in [3.63, 3.8) is 0 Å². The van der Waals surface area contributed by atoms with Crippen LogP contribution < -0.4 is 5.32 Å². The van der Waals surface area contributed by atoms with Gasteiger partial charge in [0.2, 0.25) is 10.0 Å². The second-order valence-corrected chi connectivity index (χ2v) is 7.30. The summed E-state index contributed by atoms with van der Waals surface area (Å²) in [5, 5.41) is 3.00. The van der Waals surface area contributed by atoms with Crippen LogP contribution in [-0.2, 0) is 16.6 Å². The SMILES string of the molecule is C=CCN(C1CC1)S(=O)(=O)c1cc(Cl)cc(CNC)c1F. The van der Waals surface area contributed by atoms with Crippen LogP contribution in [0.4, 0.5) is 4.39 Å². The van der Waals surface area contributed by atoms with Gasteiger partial charge in [-0.05, 0) is 32.0 Å². The number of nitrogens with one attached hydrogen (secondary N) is 1. The Hall–Kier alpha value is -0.950. The largest absolute Gasteiger partial charge is 0.316 e. The molecule has 0 amide bonds. The molecule has 116 valence electrons. The lowest BCUT2D eigenvalue weighted by Gasteiger charge is -2.21. The molecule has 21 heavy (non-hydrogen) atoms. The Morgan fingerprint density at radius 3 is 2.71 bits per heavy atom. The van der Waals surface area contributed by atoms with Crippen LogP contribution in [0.5, 0.6) is 0 Å². The first kappa shape index (κ1) is 16.4. The van der Waals surface area contributed by atoms with Crippen molar-refractivity contribution in [2.75, 3.05) is 13.6 Å². The third-order valence-corrected chi connectivity index (χ3v) is 5.43. The van der Waals surface area contributed by atoms with Gasteiger partial charge in [-0.3, -0.25) is 0 Å². The van der Waals surface area contributed by atoms with Crippen LogP contribution >= 0.6 is 11.6 Å². The molecule has 0 bridgehead atoms. The normalized spacial score (nSPS) is 15.4. The highest BCUT2D eigenvalue weighted by Crippen LogP contribution is 2.34. The third kappa shape index (κ3) is 3.45. The molecule has 2 rings (SSSR count). The van der Waals surface area contributed by atoms with E-state index in [-0.39, 0.29) is 34.6 Å². The van der Waals surface area contributed by atoms with Gasteiger partial charge in [-0.1, -0.05) is 17.7 Å². The van der Waals surface area contributed by atoms with Crippen molar-refractivity contribution in [3.05, 3.63) is 41.2 Å². The van der Waals surface area contributed by atoms with Crippen LogP contribution in [-0.4, -0.2) is 32.4 Å². The van der Waals surface area contributed by atoms with Crippen LogP contribution in [0.25, 0.3) is 0 Å². The summed E-state index contributed by atoms with van der Waals surface area (Å²) in [5.74, 6) is -0.747. The zero-order valence-corrected chi connectivity index (χ0v) is 13.3. The third-order valence-electron chi connectivity index (χ3n) is 3.30. The maximum absolute atomic E-state index is 14.5. The lowest BCUT2D eigenvalue weighted by Crippen LogP contribution is -2.34. The zero-order chi connectivity index (χ0) is 15.6. The van der Waals surface area contributed by atoms with Crippen molar-refractivity contribution < 1.29 is 12.8 Å². The Balaban J connectivity index is 2.50. The van der Waals surface area contributed by atoms with E-state index >= 15 is 0 Å². The molecule has 0 atom stereocenters. The number of hydrogen-bond donors (Lipinski definition) is 1. The number of nitrogens with zero attached hydrogens (tertiary/aromatic N) is 1. The number of rotatable bonds is 7. The Morgan fingerprint density at radius 1 is 1.52 bits per heavy atom. The molecule has 0 spiro atoms. The summed E-state index contributed by atoms with van der Waals surface area (Å²) in [4.78, 5) is -0.367. The first-order valence-electron chi connectivity index (χ1n) is 6.67. The van der Waals surface area contributed by atoms with Gasteiger partial charge in [0.25, 0.3) is 0 Å². The molecule has 1 fully saturated rings. The Morgan fingerprint density at radius 2 is 2.19 bits per heavy atom. The summed E-state index contributed by atoms with van der Waals surface area (Å²) in [6, 6.07) is 2.53. The quantitative estimate of drug-likeness (QED) is 0.781. The first-order valence-corrected chi connectivity index (χ1v) is 8.49. The highest BCUT2D eigenvalue weighted by Gasteiger charge is 2.39. The minimum absolute atomic E-state index is 0.0702. The molecule has 1 aliphatic carbocycles. The molecule has 0 heterocycles. The van der Waals surface area contributed by atoms with Crippen LogP contribution in [0.3, 0.4) is 0 Å². The van der Waals surface area contributed by atoms with Gasteiger partial charge < -0.3 is 5.32 Å². The molecule has 1 aliphatic rings. The maximum Gasteiger partial charge on any atom is 0.246 e. The van der Waals surface area contributed by atoms with Gasteiger partial charge in [-0.15, -0.1) is 6.58 Å². The molecule has 4 nitrogen and oxygen atoms in total. The smallest absolute Gasteiger partial charge is 0.246 e. The van der Waals surface area contributed by atoms with Crippen molar-refractivity contribution in [2.24, 2.45) is 0 Å². The lowest BCUT2D eigenvalue weighted by atomic mass is 10.2. The van der Waals surface area contributed by atoms with E-state index in [1.165, 1.54) is 22.5 Å². The molecule has 0 radical (unpaired) electrons. The highest BCUT2D eigenvalue weighted by molar-refractivity contribution is 7.89. The Labute approximate surface area is 129 Å². The number of sulfonamides is 1. The van der Waals surface area contributed by atoms with Crippen molar-refractivity contribution in [2.45, 2.75) is 30.3 Å². The predicted octanol–water partition coefficient (Wildman–Crippen LogP) is 2.54. The molecule has 1 N–H and O–H groups in total. The molecule has 0 unspecified atom stereocenters. The standard InChI is InChI=1S/C14H18ClFN2O2S/c1-3-6-18(12-4-5-12)21(19,20)13-8-11(15)7-10(9-17-2)14(13)16/h3,7-8,12,17H,1,4-6,9H2,2H3. The van der Waals surface area contributed by atoms with Crippen LogP contribution in [0.15, 0.2) is 29.7 Å². The van der Waals surface area contributed by atoms with Gasteiger partial charge in [0.05, 0.1) is 0 Å². The van der Waals surface area contributed by atoms with Gasteiger partial charge in [0, 0.05) is 29.7 Å². The van der Waals surface area contributed by atoms with E-state index in [2.05, 4.69) is 11.9 Å². The fraction of sp³-hybridized carbons (Fsp3) is 0.429. The van der Waals surface area contributed by atoms with Gasteiger partial charge in [-0.25, -0.2) is 12.8 Å². The van der Waals surface area contributed by atoms with Crippen LogP contribution in [0, 0.1) is 5.82 Å². The fourth-order valence-electron chi connectivity index (χ4n) is 2.18. The highest BCUT2D eigenvalue weighted by atomic mass is 35.5. The summed E-state index contributed by atoms with van der Waals surface area (Å²) in [7, 11) is -2.26. The number of halogens is 2. The Bertz CT molecular complexity index is 645. The van der Waals surface area contributed by atoms with Crippen molar-refractivity contribution >= 4 is 21.6 Å². The lowest BCUT2D eigenvalue weighted by molar-refractivity contribution is 0.430. The summed E-state index contributed by atoms with van der Waals surface area (Å²) in [6.07, 6.45) is 3.09. The van der Waals surface area contributed by atoms with Crippen molar-refractivity contribution in [1.29, 1.82) is 0 Å². The van der Waals surface area contributed by atoms with E-state index in [1.54, 1.807) is 7.05 Å². The number of hydrogen-bond acceptors (Lipinski definition) is 3. The van der Waals surface area contributed by atoms with E-state index in [1.807, 2.05) is 0 Å². The fourth-order valence-corrected chi connectivity index (χ4v) is 4.28. The van der Waals surface area contributed by atoms with E-state index in [9.17, 15) is 12.8 Å². The van der Waals surface area contributed by atoms with Crippen LogP contribution in [0.1, 0.15) is 18.4 Å². The minimum Gasteiger partial charge on any atom is -0.316 e. The van der Waals surface area contributed by atoms with E-state index in [0.717, 1.165) is 12.8 Å². The summed E-state index contributed by atoms with van der Waals surface area (Å²) >= 11 is 5.94.